The molecule has 8 heteroatoms. The van der Waals surface area contributed by atoms with Crippen LogP contribution in [0, 0.1) is 13.8 Å². The van der Waals surface area contributed by atoms with E-state index in [2.05, 4.69) is 20.4 Å². The van der Waals surface area contributed by atoms with Crippen molar-refractivity contribution in [2.75, 3.05) is 6.54 Å². The lowest BCUT2D eigenvalue weighted by atomic mass is 10.1. The summed E-state index contributed by atoms with van der Waals surface area (Å²) in [5, 5.41) is 15.5. The summed E-state index contributed by atoms with van der Waals surface area (Å²) in [5.41, 5.74) is 1.72. The monoisotopic (exact) mass is 333 g/mol. The number of aliphatic carboxylic acids is 1. The van der Waals surface area contributed by atoms with Crippen molar-refractivity contribution < 1.29 is 14.7 Å². The average molecular weight is 333 g/mol. The van der Waals surface area contributed by atoms with Crippen LogP contribution in [0.25, 0.3) is 5.78 Å². The largest absolute Gasteiger partial charge is 0.481 e. The maximum Gasteiger partial charge on any atom is 0.303 e. The van der Waals surface area contributed by atoms with Gasteiger partial charge in [0.25, 0.3) is 11.7 Å². The fourth-order valence-electron chi connectivity index (χ4n) is 2.48. The molecule has 0 bridgehead atoms. The van der Waals surface area contributed by atoms with E-state index >= 15 is 0 Å². The van der Waals surface area contributed by atoms with Crippen LogP contribution in [0.4, 0.5) is 0 Å². The van der Waals surface area contributed by atoms with Gasteiger partial charge < -0.3 is 10.4 Å². The normalized spacial score (nSPS) is 10.9. The molecule has 2 aromatic rings. The molecule has 8 nitrogen and oxygen atoms in total. The van der Waals surface area contributed by atoms with Crippen molar-refractivity contribution in [3.63, 3.8) is 0 Å². The molecule has 0 saturated heterocycles. The van der Waals surface area contributed by atoms with Crippen LogP contribution in [0.5, 0.6) is 0 Å². The van der Waals surface area contributed by atoms with Crippen LogP contribution in [0.1, 0.15) is 60.5 Å². The Bertz CT molecular complexity index is 726. The number of carboxylic acid groups (broad SMARTS) is 1. The number of carbonyl (C=O) groups is 2. The smallest absolute Gasteiger partial charge is 0.303 e. The third-order valence-corrected chi connectivity index (χ3v) is 3.67. The van der Waals surface area contributed by atoms with Gasteiger partial charge in [-0.3, -0.25) is 9.59 Å². The van der Waals surface area contributed by atoms with Gasteiger partial charge in [-0.2, -0.15) is 4.98 Å². The molecule has 1 amide bonds. The summed E-state index contributed by atoms with van der Waals surface area (Å²) in [6, 6.07) is 1.88. The minimum absolute atomic E-state index is 0.123. The highest BCUT2D eigenvalue weighted by Gasteiger charge is 2.14. The van der Waals surface area contributed by atoms with E-state index in [-0.39, 0.29) is 18.2 Å². The molecular formula is C16H23N5O3. The van der Waals surface area contributed by atoms with Crippen molar-refractivity contribution >= 4 is 17.7 Å². The number of fused-ring (bicyclic) bond motifs is 1. The lowest BCUT2D eigenvalue weighted by Gasteiger charge is -2.02. The summed E-state index contributed by atoms with van der Waals surface area (Å²) >= 11 is 0. The zero-order valence-electron chi connectivity index (χ0n) is 14.1. The molecule has 2 rings (SSSR count). The highest BCUT2D eigenvalue weighted by Crippen LogP contribution is 2.06. The molecule has 0 spiro atoms. The summed E-state index contributed by atoms with van der Waals surface area (Å²) in [5.74, 6) is -0.501. The number of carboxylic acids is 1. The van der Waals surface area contributed by atoms with Crippen LogP contribution in [-0.4, -0.2) is 43.1 Å². The minimum Gasteiger partial charge on any atom is -0.481 e. The van der Waals surface area contributed by atoms with Gasteiger partial charge in [-0.1, -0.05) is 19.3 Å². The number of nitrogens with one attached hydrogen (secondary N) is 1. The van der Waals surface area contributed by atoms with Crippen molar-refractivity contribution in [2.45, 2.75) is 52.4 Å². The summed E-state index contributed by atoms with van der Waals surface area (Å²) in [6.07, 6.45) is 4.61. The Kier molecular flexibility index (Phi) is 6.22. The number of unbranched alkanes of at least 4 members (excludes halogenated alkanes) is 4. The molecule has 0 aliphatic heterocycles. The average Bonchev–Trinajstić information content (AvgIpc) is 2.93. The highest BCUT2D eigenvalue weighted by molar-refractivity contribution is 5.90. The molecule has 130 valence electrons. The summed E-state index contributed by atoms with van der Waals surface area (Å²) in [4.78, 5) is 30.9. The lowest BCUT2D eigenvalue weighted by Crippen LogP contribution is -2.25. The maximum atomic E-state index is 12.1. The van der Waals surface area contributed by atoms with Crippen molar-refractivity contribution in [3.05, 3.63) is 23.3 Å². The first kappa shape index (κ1) is 17.8. The van der Waals surface area contributed by atoms with Crippen LogP contribution in [0.3, 0.4) is 0 Å². The molecule has 0 atom stereocenters. The number of aromatic nitrogens is 4. The number of amides is 1. The first-order chi connectivity index (χ1) is 11.5. The minimum atomic E-state index is -0.748. The van der Waals surface area contributed by atoms with Gasteiger partial charge in [0.2, 0.25) is 5.82 Å². The van der Waals surface area contributed by atoms with Crippen molar-refractivity contribution in [3.8, 4) is 0 Å². The number of carbonyl (C=O) groups excluding carboxylic acids is 1. The number of hydrogen-bond acceptors (Lipinski definition) is 5. The topological polar surface area (TPSA) is 109 Å². The number of aryl methyl sites for hydroxylation is 2. The maximum absolute atomic E-state index is 12.1. The van der Waals surface area contributed by atoms with Crippen LogP contribution >= 0.6 is 0 Å². The van der Waals surface area contributed by atoms with Crippen molar-refractivity contribution in [2.24, 2.45) is 0 Å². The van der Waals surface area contributed by atoms with Gasteiger partial charge in [0, 0.05) is 24.4 Å². The predicted octanol–water partition coefficient (Wildman–Crippen LogP) is 1.90. The van der Waals surface area contributed by atoms with Gasteiger partial charge in [0.05, 0.1) is 0 Å². The Morgan fingerprint density at radius 1 is 1.12 bits per heavy atom. The molecular weight excluding hydrogens is 310 g/mol. The molecule has 24 heavy (non-hydrogen) atoms. The molecule has 0 unspecified atom stereocenters. The molecule has 0 radical (unpaired) electrons. The Morgan fingerprint density at radius 2 is 1.83 bits per heavy atom. The van der Waals surface area contributed by atoms with Crippen LogP contribution < -0.4 is 5.32 Å². The van der Waals surface area contributed by atoms with Gasteiger partial charge in [-0.05, 0) is 32.8 Å². The van der Waals surface area contributed by atoms with Crippen molar-refractivity contribution in [1.82, 2.24) is 24.9 Å². The highest BCUT2D eigenvalue weighted by atomic mass is 16.4. The molecule has 2 heterocycles. The third-order valence-electron chi connectivity index (χ3n) is 3.67. The second-order valence-corrected chi connectivity index (χ2v) is 5.85. The van der Waals surface area contributed by atoms with E-state index in [1.807, 2.05) is 19.9 Å². The third kappa shape index (κ3) is 5.00. The van der Waals surface area contributed by atoms with Crippen molar-refractivity contribution in [1.29, 1.82) is 0 Å². The van der Waals surface area contributed by atoms with Gasteiger partial charge in [-0.15, -0.1) is 5.10 Å². The predicted molar refractivity (Wildman–Crippen MR) is 87.9 cm³/mol. The van der Waals surface area contributed by atoms with E-state index in [0.29, 0.717) is 18.7 Å². The standard InChI is InChI=1S/C16H23N5O3/c1-11-10-12(2)21-16(18-11)19-14(20-21)15(24)17-9-7-5-3-4-6-8-13(22)23/h10H,3-9H2,1-2H3,(H,17,24)(H,22,23). The molecule has 0 saturated carbocycles. The second-order valence-electron chi connectivity index (χ2n) is 5.85. The fourth-order valence-corrected chi connectivity index (χ4v) is 2.48. The van der Waals surface area contributed by atoms with Crippen LogP contribution in [0.2, 0.25) is 0 Å². The van der Waals surface area contributed by atoms with Gasteiger partial charge in [0.15, 0.2) is 0 Å². The summed E-state index contributed by atoms with van der Waals surface area (Å²) < 4.78 is 1.56. The van der Waals surface area contributed by atoms with E-state index in [1.165, 1.54) is 0 Å². The molecule has 0 aliphatic rings. The van der Waals surface area contributed by atoms with E-state index in [0.717, 1.165) is 37.1 Å². The number of rotatable bonds is 9. The van der Waals surface area contributed by atoms with Gasteiger partial charge in [-0.25, -0.2) is 9.50 Å². The zero-order valence-corrected chi connectivity index (χ0v) is 14.1. The molecule has 0 fully saturated rings. The van der Waals surface area contributed by atoms with E-state index in [1.54, 1.807) is 4.52 Å². The Balaban J connectivity index is 1.73. The number of hydrogen-bond donors (Lipinski definition) is 2. The van der Waals surface area contributed by atoms with Gasteiger partial charge in [0.1, 0.15) is 0 Å². The zero-order chi connectivity index (χ0) is 17.5. The van der Waals surface area contributed by atoms with Gasteiger partial charge >= 0.3 is 5.97 Å². The second kappa shape index (κ2) is 8.37. The summed E-state index contributed by atoms with van der Waals surface area (Å²) in [6.45, 7) is 4.32. The van der Waals surface area contributed by atoms with Crippen LogP contribution in [0.15, 0.2) is 6.07 Å². The van der Waals surface area contributed by atoms with E-state index in [4.69, 9.17) is 5.11 Å². The lowest BCUT2D eigenvalue weighted by molar-refractivity contribution is -0.137. The molecule has 2 N–H and O–H groups in total. The molecule has 2 aromatic heterocycles. The van der Waals surface area contributed by atoms with E-state index in [9.17, 15) is 9.59 Å². The van der Waals surface area contributed by atoms with Crippen LogP contribution in [-0.2, 0) is 4.79 Å². The molecule has 0 aromatic carbocycles. The summed E-state index contributed by atoms with van der Waals surface area (Å²) in [7, 11) is 0. The Labute approximate surface area is 140 Å². The first-order valence-electron chi connectivity index (χ1n) is 8.18. The Morgan fingerprint density at radius 3 is 2.58 bits per heavy atom. The Hall–Kier alpha value is -2.51. The first-order valence-corrected chi connectivity index (χ1v) is 8.18. The SMILES string of the molecule is Cc1cc(C)n2nc(C(=O)NCCCCCCCC(=O)O)nc2n1. The van der Waals surface area contributed by atoms with E-state index < -0.39 is 5.97 Å². The fraction of sp³-hybridized carbons (Fsp3) is 0.562. The quantitative estimate of drug-likeness (QED) is 0.678. The number of nitrogens with zero attached hydrogens (tertiary/aromatic N) is 4. The molecule has 0 aliphatic carbocycles.